The van der Waals surface area contributed by atoms with E-state index < -0.39 is 45.9 Å². The van der Waals surface area contributed by atoms with Crippen molar-refractivity contribution < 1.29 is 40.7 Å². The Labute approximate surface area is 217 Å². The van der Waals surface area contributed by atoms with Crippen LogP contribution >= 0.6 is 23.4 Å². The molecule has 37 heavy (non-hydrogen) atoms. The summed E-state index contributed by atoms with van der Waals surface area (Å²) in [6.07, 6.45) is -7.84. The number of anilines is 1. The molecule has 0 spiro atoms. The van der Waals surface area contributed by atoms with E-state index in [1.165, 1.54) is 13.2 Å². The number of nitrogens with one attached hydrogen (secondary N) is 1. The van der Waals surface area contributed by atoms with Crippen LogP contribution in [0.25, 0.3) is 0 Å². The number of alkyl halides is 6. The van der Waals surface area contributed by atoms with E-state index in [0.29, 0.717) is 0 Å². The summed E-state index contributed by atoms with van der Waals surface area (Å²) in [5.74, 6) is -0.778. The summed E-state index contributed by atoms with van der Waals surface area (Å²) in [5, 5.41) is 6.81. The number of nitrogens with zero attached hydrogens (tertiary/aromatic N) is 2. The molecule has 6 nitrogen and oxygen atoms in total. The zero-order chi connectivity index (χ0) is 27.8. The van der Waals surface area contributed by atoms with Gasteiger partial charge < -0.3 is 10.1 Å². The fourth-order valence-electron chi connectivity index (χ4n) is 3.67. The Balaban J connectivity index is 1.97. The van der Waals surface area contributed by atoms with Crippen LogP contribution in [-0.2, 0) is 21.9 Å². The molecule has 0 saturated carbocycles. The van der Waals surface area contributed by atoms with Crippen molar-refractivity contribution in [3.63, 3.8) is 0 Å². The number of carbonyl (C=O) groups excluding carboxylic acids is 2. The van der Waals surface area contributed by atoms with Crippen molar-refractivity contribution in [2.45, 2.75) is 31.1 Å². The molecule has 14 heteroatoms. The predicted octanol–water partition coefficient (Wildman–Crippen LogP) is 6.92. The molecular formula is C23H20ClF6N3O3S. The van der Waals surface area contributed by atoms with Crippen LogP contribution in [0.1, 0.15) is 30.5 Å². The van der Waals surface area contributed by atoms with Crippen LogP contribution in [0.3, 0.4) is 0 Å². The van der Waals surface area contributed by atoms with Crippen LogP contribution < -0.4 is 5.32 Å². The number of amides is 2. The summed E-state index contributed by atoms with van der Waals surface area (Å²) in [4.78, 5) is 25.6. The molecule has 0 saturated heterocycles. The molecule has 2 aromatic carbocycles. The summed E-state index contributed by atoms with van der Waals surface area (Å²) in [6, 6.07) is 4.96. The number of esters is 1. The molecule has 0 aromatic heterocycles. The van der Waals surface area contributed by atoms with Crippen molar-refractivity contribution in [3.8, 4) is 0 Å². The van der Waals surface area contributed by atoms with E-state index in [9.17, 15) is 35.9 Å². The van der Waals surface area contributed by atoms with E-state index in [4.69, 9.17) is 16.3 Å². The Kier molecular flexibility index (Phi) is 8.08. The first kappa shape index (κ1) is 28.6. The van der Waals surface area contributed by atoms with E-state index in [1.54, 1.807) is 6.92 Å². The number of thioether (sulfide) groups is 1. The molecule has 1 atom stereocenters. The van der Waals surface area contributed by atoms with Gasteiger partial charge in [0.25, 0.3) is 0 Å². The molecule has 3 rings (SSSR count). The predicted molar refractivity (Wildman–Crippen MR) is 127 cm³/mol. The highest BCUT2D eigenvalue weighted by molar-refractivity contribution is 7.98. The minimum Gasteiger partial charge on any atom is -0.465 e. The largest absolute Gasteiger partial charge is 0.465 e. The zero-order valence-corrected chi connectivity index (χ0v) is 21.1. The third kappa shape index (κ3) is 5.98. The van der Waals surface area contributed by atoms with Gasteiger partial charge in [0, 0.05) is 16.1 Å². The maximum absolute atomic E-state index is 13.2. The van der Waals surface area contributed by atoms with E-state index in [-0.39, 0.29) is 35.0 Å². The normalized spacial score (nSPS) is 18.0. The molecule has 1 aliphatic rings. The number of benzene rings is 2. The number of halogens is 7. The molecule has 0 aliphatic carbocycles. The first-order valence-corrected chi connectivity index (χ1v) is 12.2. The highest BCUT2D eigenvalue weighted by Gasteiger charge is 2.49. The zero-order valence-electron chi connectivity index (χ0n) is 19.6. The molecule has 200 valence electrons. The SMILES string of the molecule is CCOC(=O)C1(C)CN(C(=O)Nc2ccc(C(F)(F)F)c(SC)c2)N=C1c1ccc(C(F)(F)F)c(Cl)c1. The number of hydrogen-bond acceptors (Lipinski definition) is 5. The van der Waals surface area contributed by atoms with Gasteiger partial charge in [-0.3, -0.25) is 4.79 Å². The maximum atomic E-state index is 13.2. The number of carbonyl (C=O) groups is 2. The molecule has 0 fully saturated rings. The van der Waals surface area contributed by atoms with Crippen LogP contribution in [0.4, 0.5) is 36.8 Å². The second-order valence-corrected chi connectivity index (χ2v) is 9.35. The average molecular weight is 568 g/mol. The van der Waals surface area contributed by atoms with Crippen LogP contribution in [-0.4, -0.2) is 42.1 Å². The Morgan fingerprint density at radius 1 is 1.11 bits per heavy atom. The third-order valence-corrected chi connectivity index (χ3v) is 6.57. The van der Waals surface area contributed by atoms with E-state index >= 15 is 0 Å². The van der Waals surface area contributed by atoms with Gasteiger partial charge in [0.2, 0.25) is 0 Å². The first-order valence-electron chi connectivity index (χ1n) is 10.6. The van der Waals surface area contributed by atoms with Crippen molar-refractivity contribution in [2.75, 3.05) is 24.7 Å². The third-order valence-electron chi connectivity index (χ3n) is 5.48. The van der Waals surface area contributed by atoms with Crippen molar-refractivity contribution in [1.82, 2.24) is 5.01 Å². The summed E-state index contributed by atoms with van der Waals surface area (Å²) in [6.45, 7) is 2.61. The lowest BCUT2D eigenvalue weighted by Gasteiger charge is -2.24. The van der Waals surface area contributed by atoms with Crippen LogP contribution in [0.15, 0.2) is 46.4 Å². The van der Waals surface area contributed by atoms with Gasteiger partial charge in [0.05, 0.1) is 35.0 Å². The fraction of sp³-hybridized carbons (Fsp3) is 0.348. The van der Waals surface area contributed by atoms with Crippen LogP contribution in [0.2, 0.25) is 5.02 Å². The minimum absolute atomic E-state index is 0.00924. The molecule has 1 heterocycles. The van der Waals surface area contributed by atoms with Gasteiger partial charge in [0.1, 0.15) is 5.41 Å². The van der Waals surface area contributed by atoms with Crippen LogP contribution in [0, 0.1) is 5.41 Å². The van der Waals surface area contributed by atoms with Crippen molar-refractivity contribution in [2.24, 2.45) is 10.5 Å². The molecule has 1 N–H and O–H groups in total. The summed E-state index contributed by atoms with van der Waals surface area (Å²) >= 11 is 6.68. The Morgan fingerprint density at radius 2 is 1.73 bits per heavy atom. The number of hydrogen-bond donors (Lipinski definition) is 1. The van der Waals surface area contributed by atoms with E-state index in [0.717, 1.165) is 53.2 Å². The van der Waals surface area contributed by atoms with Gasteiger partial charge in [-0.05, 0) is 50.4 Å². The highest BCUT2D eigenvalue weighted by Crippen LogP contribution is 2.39. The van der Waals surface area contributed by atoms with Gasteiger partial charge in [-0.15, -0.1) is 11.8 Å². The van der Waals surface area contributed by atoms with E-state index in [2.05, 4.69) is 10.4 Å². The Hall–Kier alpha value is -2.93. The molecule has 0 radical (unpaired) electrons. The van der Waals surface area contributed by atoms with Crippen molar-refractivity contribution in [1.29, 1.82) is 0 Å². The molecule has 1 unspecified atom stereocenters. The number of ether oxygens (including phenoxy) is 1. The monoisotopic (exact) mass is 567 g/mol. The summed E-state index contributed by atoms with van der Waals surface area (Å²) in [5.41, 5.74) is -3.48. The summed E-state index contributed by atoms with van der Waals surface area (Å²) < 4.78 is 84.1. The fourth-order valence-corrected chi connectivity index (χ4v) is 4.61. The first-order chi connectivity index (χ1) is 17.1. The molecule has 2 aromatic rings. The average Bonchev–Trinajstić information content (AvgIpc) is 3.16. The number of hydrazone groups is 1. The van der Waals surface area contributed by atoms with Gasteiger partial charge in [-0.1, -0.05) is 17.7 Å². The maximum Gasteiger partial charge on any atom is 0.417 e. The second kappa shape index (κ2) is 10.4. The standard InChI is InChI=1S/C23H20ClF6N3O3S/c1-4-36-19(34)21(2)11-33(32-18(21)12-5-7-14(16(24)9-12)22(25,26)27)20(35)31-13-6-8-15(23(28,29)30)17(10-13)37-3/h5-10H,4,11H2,1-3H3,(H,31,35). The minimum atomic E-state index is -4.71. The van der Waals surface area contributed by atoms with Gasteiger partial charge in [-0.2, -0.15) is 31.4 Å². The number of rotatable bonds is 5. The molecular weight excluding hydrogens is 548 g/mol. The highest BCUT2D eigenvalue weighted by atomic mass is 35.5. The summed E-state index contributed by atoms with van der Waals surface area (Å²) in [7, 11) is 0. The van der Waals surface area contributed by atoms with Gasteiger partial charge in [0.15, 0.2) is 0 Å². The lowest BCUT2D eigenvalue weighted by Crippen LogP contribution is -2.42. The van der Waals surface area contributed by atoms with Crippen molar-refractivity contribution >= 4 is 46.8 Å². The second-order valence-electron chi connectivity index (χ2n) is 8.09. The lowest BCUT2D eigenvalue weighted by atomic mass is 9.82. The van der Waals surface area contributed by atoms with E-state index in [1.807, 2.05) is 0 Å². The molecule has 1 aliphatic heterocycles. The molecule has 2 amide bonds. The van der Waals surface area contributed by atoms with Gasteiger partial charge in [-0.25, -0.2) is 9.80 Å². The smallest absolute Gasteiger partial charge is 0.417 e. The quantitative estimate of drug-likeness (QED) is 0.242. The molecule has 0 bridgehead atoms. The topological polar surface area (TPSA) is 71.0 Å². The number of urea groups is 1. The lowest BCUT2D eigenvalue weighted by molar-refractivity contribution is -0.150. The Morgan fingerprint density at radius 3 is 2.27 bits per heavy atom. The van der Waals surface area contributed by atoms with Crippen LogP contribution in [0.5, 0.6) is 0 Å². The van der Waals surface area contributed by atoms with Gasteiger partial charge >= 0.3 is 24.4 Å². The Bertz CT molecular complexity index is 1250. The van der Waals surface area contributed by atoms with Crippen molar-refractivity contribution in [3.05, 3.63) is 58.1 Å².